The fraction of sp³-hybridized carbons (Fsp3) is 0.292. The lowest BCUT2D eigenvalue weighted by molar-refractivity contribution is 0.0931. The number of fused-ring (bicyclic) bond motifs is 1. The minimum Gasteiger partial charge on any atom is -0.489 e. The summed E-state index contributed by atoms with van der Waals surface area (Å²) in [5, 5.41) is 4.02. The molecule has 4 nitrogen and oxygen atoms in total. The van der Waals surface area contributed by atoms with Crippen LogP contribution in [0.2, 0.25) is 0 Å². The van der Waals surface area contributed by atoms with Crippen LogP contribution in [-0.2, 0) is 6.54 Å². The minimum absolute atomic E-state index is 0.0627. The van der Waals surface area contributed by atoms with Crippen LogP contribution in [0.5, 0.6) is 5.75 Å². The lowest BCUT2D eigenvalue weighted by Crippen LogP contribution is -2.33. The Kier molecular flexibility index (Phi) is 6.19. The van der Waals surface area contributed by atoms with Crippen LogP contribution >= 0.6 is 0 Å². The summed E-state index contributed by atoms with van der Waals surface area (Å²) >= 11 is 0. The van der Waals surface area contributed by atoms with Crippen molar-refractivity contribution in [2.24, 2.45) is 0 Å². The Morgan fingerprint density at radius 2 is 2.00 bits per heavy atom. The molecule has 3 rings (SSSR count). The fourth-order valence-corrected chi connectivity index (χ4v) is 3.17. The van der Waals surface area contributed by atoms with Gasteiger partial charge in [-0.3, -0.25) is 4.79 Å². The Morgan fingerprint density at radius 3 is 2.68 bits per heavy atom. The first-order valence-electron chi connectivity index (χ1n) is 9.75. The number of hydrogen-bond acceptors (Lipinski definition) is 2. The third-order valence-electron chi connectivity index (χ3n) is 4.95. The number of carbonyl (C=O) groups is 1. The Hall–Kier alpha value is -3.01. The van der Waals surface area contributed by atoms with Gasteiger partial charge < -0.3 is 14.6 Å². The van der Waals surface area contributed by atoms with E-state index in [0.717, 1.165) is 28.6 Å². The van der Waals surface area contributed by atoms with Gasteiger partial charge in [0.2, 0.25) is 0 Å². The zero-order valence-corrected chi connectivity index (χ0v) is 16.9. The SMILES string of the molecule is C=CCOc1cccc2c1cc(C(=O)N[C@H](C)CC)n2Cc1ccc(C)cc1. The molecule has 0 fully saturated rings. The molecule has 0 saturated carbocycles. The van der Waals surface area contributed by atoms with Crippen molar-refractivity contribution >= 4 is 16.8 Å². The number of hydrogen-bond donors (Lipinski definition) is 1. The van der Waals surface area contributed by atoms with Crippen molar-refractivity contribution < 1.29 is 9.53 Å². The van der Waals surface area contributed by atoms with Crippen LogP contribution in [0.25, 0.3) is 10.9 Å². The molecule has 0 saturated heterocycles. The third kappa shape index (κ3) is 4.28. The smallest absolute Gasteiger partial charge is 0.268 e. The molecule has 1 amide bonds. The number of aryl methyl sites for hydroxylation is 1. The number of benzene rings is 2. The molecule has 1 atom stereocenters. The highest BCUT2D eigenvalue weighted by Gasteiger charge is 2.19. The average Bonchev–Trinajstić information content (AvgIpc) is 3.07. The summed E-state index contributed by atoms with van der Waals surface area (Å²) in [6.45, 7) is 10.9. The lowest BCUT2D eigenvalue weighted by atomic mass is 10.1. The lowest BCUT2D eigenvalue weighted by Gasteiger charge is -2.14. The molecule has 0 radical (unpaired) electrons. The van der Waals surface area contributed by atoms with E-state index >= 15 is 0 Å². The van der Waals surface area contributed by atoms with Gasteiger partial charge in [-0.25, -0.2) is 0 Å². The number of carbonyl (C=O) groups excluding carboxylic acids is 1. The van der Waals surface area contributed by atoms with E-state index in [4.69, 9.17) is 4.74 Å². The van der Waals surface area contributed by atoms with Gasteiger partial charge in [-0.2, -0.15) is 0 Å². The Morgan fingerprint density at radius 1 is 1.25 bits per heavy atom. The summed E-state index contributed by atoms with van der Waals surface area (Å²) in [7, 11) is 0. The molecule has 0 aliphatic heterocycles. The van der Waals surface area contributed by atoms with Gasteiger partial charge in [-0.15, -0.1) is 0 Å². The molecule has 146 valence electrons. The largest absolute Gasteiger partial charge is 0.489 e. The van der Waals surface area contributed by atoms with E-state index in [0.29, 0.717) is 18.8 Å². The second-order valence-electron chi connectivity index (χ2n) is 7.17. The van der Waals surface area contributed by atoms with E-state index in [-0.39, 0.29) is 11.9 Å². The van der Waals surface area contributed by atoms with Crippen molar-refractivity contribution in [2.45, 2.75) is 39.8 Å². The highest BCUT2D eigenvalue weighted by molar-refractivity contribution is 6.00. The van der Waals surface area contributed by atoms with Crippen LogP contribution in [0.1, 0.15) is 41.9 Å². The molecule has 4 heteroatoms. The Labute approximate surface area is 166 Å². The molecule has 3 aromatic rings. The maximum Gasteiger partial charge on any atom is 0.268 e. The van der Waals surface area contributed by atoms with Gasteiger partial charge >= 0.3 is 0 Å². The van der Waals surface area contributed by atoms with Gasteiger partial charge in [0.05, 0.1) is 5.52 Å². The normalized spacial score (nSPS) is 12.0. The number of ether oxygens (including phenoxy) is 1. The van der Waals surface area contributed by atoms with Gasteiger partial charge in [0.15, 0.2) is 0 Å². The second-order valence-corrected chi connectivity index (χ2v) is 7.17. The van der Waals surface area contributed by atoms with Crippen LogP contribution in [-0.4, -0.2) is 23.1 Å². The van der Waals surface area contributed by atoms with Gasteiger partial charge in [0, 0.05) is 18.0 Å². The Balaban J connectivity index is 2.08. The molecule has 0 aliphatic carbocycles. The third-order valence-corrected chi connectivity index (χ3v) is 4.95. The first-order valence-corrected chi connectivity index (χ1v) is 9.75. The van der Waals surface area contributed by atoms with E-state index in [9.17, 15) is 4.79 Å². The standard InChI is InChI=1S/C24H28N2O2/c1-5-14-28-23-9-7-8-21-20(23)15-22(24(27)25-18(4)6-2)26(21)16-19-12-10-17(3)11-13-19/h5,7-13,15,18H,1,6,14,16H2,2-4H3,(H,25,27)/t18-/m1/s1. The summed E-state index contributed by atoms with van der Waals surface area (Å²) in [5.41, 5.74) is 4.00. The van der Waals surface area contributed by atoms with Crippen molar-refractivity contribution in [3.8, 4) is 5.75 Å². The zero-order valence-electron chi connectivity index (χ0n) is 16.9. The van der Waals surface area contributed by atoms with Crippen molar-refractivity contribution in [1.29, 1.82) is 0 Å². The molecular formula is C24H28N2O2. The minimum atomic E-state index is -0.0627. The van der Waals surface area contributed by atoms with Gasteiger partial charge in [-0.1, -0.05) is 55.5 Å². The van der Waals surface area contributed by atoms with Gasteiger partial charge in [-0.05, 0) is 44.0 Å². The fourth-order valence-electron chi connectivity index (χ4n) is 3.17. The van der Waals surface area contributed by atoms with Crippen LogP contribution in [0.15, 0.2) is 61.2 Å². The van der Waals surface area contributed by atoms with E-state index in [1.165, 1.54) is 5.56 Å². The number of aromatic nitrogens is 1. The second kappa shape index (κ2) is 8.79. The van der Waals surface area contributed by atoms with Crippen molar-refractivity contribution in [1.82, 2.24) is 9.88 Å². The quantitative estimate of drug-likeness (QED) is 0.556. The average molecular weight is 377 g/mol. The van der Waals surface area contributed by atoms with Gasteiger partial charge in [0.1, 0.15) is 18.1 Å². The highest BCUT2D eigenvalue weighted by Crippen LogP contribution is 2.30. The Bertz CT molecular complexity index is 970. The van der Waals surface area contributed by atoms with Crippen LogP contribution in [0, 0.1) is 6.92 Å². The molecule has 0 spiro atoms. The van der Waals surface area contributed by atoms with Gasteiger partial charge in [0.25, 0.3) is 5.91 Å². The molecule has 0 bridgehead atoms. The molecule has 2 aromatic carbocycles. The topological polar surface area (TPSA) is 43.3 Å². The summed E-state index contributed by atoms with van der Waals surface area (Å²) in [6.07, 6.45) is 2.61. The molecular weight excluding hydrogens is 348 g/mol. The molecule has 0 unspecified atom stereocenters. The van der Waals surface area contributed by atoms with Crippen molar-refractivity contribution in [3.05, 3.63) is 78.0 Å². The summed E-state index contributed by atoms with van der Waals surface area (Å²) in [4.78, 5) is 13.0. The molecule has 1 heterocycles. The molecule has 1 N–H and O–H groups in total. The van der Waals surface area contributed by atoms with E-state index in [2.05, 4.69) is 54.6 Å². The van der Waals surface area contributed by atoms with Crippen LogP contribution < -0.4 is 10.1 Å². The predicted octanol–water partition coefficient (Wildman–Crippen LogP) is 5.09. The number of amides is 1. The first-order chi connectivity index (χ1) is 13.5. The van der Waals surface area contributed by atoms with E-state index in [1.807, 2.05) is 31.2 Å². The first kappa shape index (κ1) is 19.7. The molecule has 28 heavy (non-hydrogen) atoms. The van der Waals surface area contributed by atoms with Crippen LogP contribution in [0.4, 0.5) is 0 Å². The number of nitrogens with zero attached hydrogens (tertiary/aromatic N) is 1. The summed E-state index contributed by atoms with van der Waals surface area (Å²) in [6, 6.07) is 16.4. The van der Waals surface area contributed by atoms with Crippen molar-refractivity contribution in [2.75, 3.05) is 6.61 Å². The molecule has 0 aliphatic rings. The molecule has 1 aromatic heterocycles. The van der Waals surface area contributed by atoms with Crippen LogP contribution in [0.3, 0.4) is 0 Å². The summed E-state index contributed by atoms with van der Waals surface area (Å²) < 4.78 is 7.89. The maximum atomic E-state index is 13.0. The van der Waals surface area contributed by atoms with E-state index < -0.39 is 0 Å². The monoisotopic (exact) mass is 376 g/mol. The maximum absolute atomic E-state index is 13.0. The van der Waals surface area contributed by atoms with Crippen molar-refractivity contribution in [3.63, 3.8) is 0 Å². The number of rotatable bonds is 8. The number of nitrogens with one attached hydrogen (secondary N) is 1. The highest BCUT2D eigenvalue weighted by atomic mass is 16.5. The predicted molar refractivity (Wildman–Crippen MR) is 115 cm³/mol. The van der Waals surface area contributed by atoms with E-state index in [1.54, 1.807) is 6.08 Å². The zero-order chi connectivity index (χ0) is 20.1. The summed E-state index contributed by atoms with van der Waals surface area (Å²) in [5.74, 6) is 0.699.